The summed E-state index contributed by atoms with van der Waals surface area (Å²) < 4.78 is 2.48. The Bertz CT molecular complexity index is 3700. The second kappa shape index (κ2) is 16.6. The van der Waals surface area contributed by atoms with Crippen LogP contribution in [0.1, 0.15) is 57.0 Å². The Kier molecular flexibility index (Phi) is 9.92. The minimum absolute atomic E-state index is 0.453. The topological polar surface area (TPSA) is 40.8 Å². The molecule has 1 aliphatic carbocycles. The normalized spacial score (nSPS) is 14.5. The molecule has 0 fully saturated rings. The summed E-state index contributed by atoms with van der Waals surface area (Å²) in [6, 6.07) is 77.8. The molecule has 0 amide bonds. The third kappa shape index (κ3) is 6.39. The van der Waals surface area contributed by atoms with Gasteiger partial charge in [-0.1, -0.05) is 201 Å². The molecule has 12 rings (SSSR count). The molecule has 2 aliphatic rings. The number of hydrogen-bond donors (Lipinski definition) is 2. The number of rotatable bonds is 10. The highest BCUT2D eigenvalue weighted by atomic mass is 15.0. The predicted octanol–water partition coefficient (Wildman–Crippen LogP) is 16.4. The molecule has 2 N–H and O–H groups in total. The minimum atomic E-state index is -0.679. The third-order valence-corrected chi connectivity index (χ3v) is 13.9. The van der Waals surface area contributed by atoms with Crippen LogP contribution in [-0.4, -0.2) is 10.3 Å². The maximum absolute atomic E-state index is 10.2. The molecule has 1 aromatic heterocycles. The average Bonchev–Trinajstić information content (AvgIpc) is 3.89. The fraction of sp³-hybridized carbons (Fsp3) is 0.0308. The van der Waals surface area contributed by atoms with E-state index in [1.807, 2.05) is 30.3 Å². The SMILES string of the molecule is C=C(/C=C(\C=C/C)c1ccc2c(c1)-c1c(C(=N)C=C(c3ccccc3)c3ccccc3)cccc1C21c2ccccc2-n2c3ccccc3c3cccc1c32)c1ccccc1Nc1ccccc1. The van der Waals surface area contributed by atoms with Gasteiger partial charge in [-0.2, -0.15) is 0 Å². The molecular formula is C65H47N3. The van der Waals surface area contributed by atoms with Gasteiger partial charge in [0.1, 0.15) is 0 Å². The number of allylic oxidation sites excluding steroid dienone is 6. The van der Waals surface area contributed by atoms with Gasteiger partial charge in [-0.3, -0.25) is 0 Å². The molecule has 1 unspecified atom stereocenters. The van der Waals surface area contributed by atoms with Crippen molar-refractivity contribution in [3.8, 4) is 16.8 Å². The van der Waals surface area contributed by atoms with Crippen LogP contribution in [0.15, 0.2) is 249 Å². The molecule has 3 heteroatoms. The Balaban J connectivity index is 1.11. The van der Waals surface area contributed by atoms with Gasteiger partial charge in [0.15, 0.2) is 0 Å². The molecule has 322 valence electrons. The van der Waals surface area contributed by atoms with Crippen molar-refractivity contribution in [1.82, 2.24) is 4.57 Å². The number of nitrogens with zero attached hydrogens (tertiary/aromatic N) is 1. The second-order valence-electron chi connectivity index (χ2n) is 17.7. The van der Waals surface area contributed by atoms with Crippen molar-refractivity contribution >= 4 is 55.6 Å². The van der Waals surface area contributed by atoms with Crippen molar-refractivity contribution in [3.63, 3.8) is 0 Å². The molecule has 2 heterocycles. The van der Waals surface area contributed by atoms with E-state index in [9.17, 15) is 5.41 Å². The largest absolute Gasteiger partial charge is 0.355 e. The summed E-state index contributed by atoms with van der Waals surface area (Å²) >= 11 is 0. The summed E-state index contributed by atoms with van der Waals surface area (Å²) in [5, 5.41) is 16.3. The smallest absolute Gasteiger partial charge is 0.0754 e. The molecular weight excluding hydrogens is 823 g/mol. The summed E-state index contributed by atoms with van der Waals surface area (Å²) in [6.07, 6.45) is 8.56. The van der Waals surface area contributed by atoms with Gasteiger partial charge >= 0.3 is 0 Å². The van der Waals surface area contributed by atoms with Crippen molar-refractivity contribution < 1.29 is 0 Å². The molecule has 1 atom stereocenters. The van der Waals surface area contributed by atoms with E-state index in [1.54, 1.807) is 0 Å². The highest BCUT2D eigenvalue weighted by Gasteiger charge is 2.51. The van der Waals surface area contributed by atoms with E-state index < -0.39 is 5.41 Å². The quantitative estimate of drug-likeness (QED) is 0.104. The summed E-state index contributed by atoms with van der Waals surface area (Å²) in [5.74, 6) is 0. The molecule has 1 spiro atoms. The molecule has 3 nitrogen and oxygen atoms in total. The van der Waals surface area contributed by atoms with Crippen molar-refractivity contribution in [2.24, 2.45) is 0 Å². The molecule has 0 saturated heterocycles. The van der Waals surface area contributed by atoms with Crippen LogP contribution in [0.3, 0.4) is 0 Å². The number of nitrogens with one attached hydrogen (secondary N) is 2. The average molecular weight is 870 g/mol. The molecule has 0 bridgehead atoms. The predicted molar refractivity (Wildman–Crippen MR) is 286 cm³/mol. The van der Waals surface area contributed by atoms with E-state index >= 15 is 0 Å². The lowest BCUT2D eigenvalue weighted by atomic mass is 9.65. The lowest BCUT2D eigenvalue weighted by molar-refractivity contribution is 0.748. The van der Waals surface area contributed by atoms with Gasteiger partial charge in [-0.05, 0) is 122 Å². The zero-order valence-corrected chi connectivity index (χ0v) is 37.7. The molecule has 0 radical (unpaired) electrons. The Morgan fingerprint density at radius 3 is 1.94 bits per heavy atom. The van der Waals surface area contributed by atoms with Crippen LogP contribution in [0.25, 0.3) is 55.3 Å². The van der Waals surface area contributed by atoms with Crippen molar-refractivity contribution in [1.29, 1.82) is 5.41 Å². The maximum Gasteiger partial charge on any atom is 0.0754 e. The van der Waals surface area contributed by atoms with E-state index in [-0.39, 0.29) is 0 Å². The standard InChI is InChI=1S/C65H47N3/c1-3-21-46(40-43(2)49-28-13-16-35-60(49)67-48-26-11-6-12-27-48)47-38-39-55-54(41-47)63-52(59(66)42-53(44-22-7-4-8-23-44)45-24-9-5-10-25-45)31-20-33-57(63)65(55)56-32-15-18-37-62(56)68-61-36-17-14-29-50(61)51-30-19-34-58(65)64(51)68/h3-42,66-67H,2H2,1H3/b21-3-,46-40+,66-59?. The van der Waals surface area contributed by atoms with Gasteiger partial charge in [0.2, 0.25) is 0 Å². The first-order chi connectivity index (χ1) is 33.5. The first-order valence-corrected chi connectivity index (χ1v) is 23.3. The monoisotopic (exact) mass is 869 g/mol. The van der Waals surface area contributed by atoms with Gasteiger partial charge in [0.05, 0.1) is 27.8 Å². The van der Waals surface area contributed by atoms with Crippen molar-refractivity contribution in [3.05, 3.63) is 299 Å². The first kappa shape index (κ1) is 40.7. The van der Waals surface area contributed by atoms with E-state index in [2.05, 4.69) is 236 Å². The van der Waals surface area contributed by atoms with Crippen LogP contribution < -0.4 is 5.32 Å². The highest BCUT2D eigenvalue weighted by molar-refractivity contribution is 6.18. The Hall–Kier alpha value is -8.79. The van der Waals surface area contributed by atoms with Crippen LogP contribution in [0.4, 0.5) is 11.4 Å². The summed E-state index contributed by atoms with van der Waals surface area (Å²) in [7, 11) is 0. The lowest BCUT2D eigenvalue weighted by Crippen LogP contribution is -2.33. The zero-order valence-electron chi connectivity index (χ0n) is 37.7. The van der Waals surface area contributed by atoms with Crippen molar-refractivity contribution in [2.75, 3.05) is 5.32 Å². The molecule has 10 aromatic rings. The zero-order chi connectivity index (χ0) is 45.8. The molecule has 9 aromatic carbocycles. The Morgan fingerprint density at radius 1 is 0.544 bits per heavy atom. The molecule has 0 saturated carbocycles. The van der Waals surface area contributed by atoms with Gasteiger partial charge in [-0.15, -0.1) is 0 Å². The van der Waals surface area contributed by atoms with Crippen molar-refractivity contribution in [2.45, 2.75) is 12.3 Å². The van der Waals surface area contributed by atoms with Gasteiger partial charge in [0, 0.05) is 33.3 Å². The minimum Gasteiger partial charge on any atom is -0.355 e. The van der Waals surface area contributed by atoms with Gasteiger partial charge in [-0.25, -0.2) is 0 Å². The summed E-state index contributed by atoms with van der Waals surface area (Å²) in [4.78, 5) is 0. The van der Waals surface area contributed by atoms with E-state index in [4.69, 9.17) is 0 Å². The number of hydrogen-bond acceptors (Lipinski definition) is 2. The van der Waals surface area contributed by atoms with E-state index in [1.165, 1.54) is 49.7 Å². The third-order valence-electron chi connectivity index (χ3n) is 13.9. The Morgan fingerprint density at radius 2 is 1.16 bits per heavy atom. The fourth-order valence-corrected chi connectivity index (χ4v) is 11.1. The lowest BCUT2D eigenvalue weighted by Gasteiger charge is -2.39. The summed E-state index contributed by atoms with van der Waals surface area (Å²) in [6.45, 7) is 6.74. The summed E-state index contributed by atoms with van der Waals surface area (Å²) in [5.41, 5.74) is 20.5. The number of fused-ring (bicyclic) bond motifs is 12. The number of para-hydroxylation sites is 5. The van der Waals surface area contributed by atoms with Crippen LogP contribution in [0, 0.1) is 5.41 Å². The molecule has 68 heavy (non-hydrogen) atoms. The number of anilines is 2. The Labute approximate surface area is 397 Å². The maximum atomic E-state index is 10.2. The molecule has 1 aliphatic heterocycles. The van der Waals surface area contributed by atoms with Crippen LogP contribution in [0.2, 0.25) is 0 Å². The van der Waals surface area contributed by atoms with Crippen LogP contribution >= 0.6 is 0 Å². The van der Waals surface area contributed by atoms with E-state index in [0.29, 0.717) is 5.71 Å². The van der Waals surface area contributed by atoms with Crippen LogP contribution in [-0.2, 0) is 5.41 Å². The van der Waals surface area contributed by atoms with Gasteiger partial charge < -0.3 is 15.3 Å². The number of benzene rings is 9. The first-order valence-electron chi connectivity index (χ1n) is 23.3. The van der Waals surface area contributed by atoms with Gasteiger partial charge in [0.25, 0.3) is 0 Å². The van der Waals surface area contributed by atoms with Crippen LogP contribution in [0.5, 0.6) is 0 Å². The second-order valence-corrected chi connectivity index (χ2v) is 17.7. The fourth-order valence-electron chi connectivity index (χ4n) is 11.1. The number of aromatic nitrogens is 1. The van der Waals surface area contributed by atoms with E-state index in [0.717, 1.165) is 67.0 Å². The highest BCUT2D eigenvalue weighted by Crippen LogP contribution is 2.62.